The van der Waals surface area contributed by atoms with E-state index in [1.807, 2.05) is 26.0 Å². The molecular weight excluding hydrogens is 398 g/mol. The maximum Gasteiger partial charge on any atom is 0.228 e. The summed E-state index contributed by atoms with van der Waals surface area (Å²) in [4.78, 5) is 23.9. The van der Waals surface area contributed by atoms with Crippen LogP contribution in [0.5, 0.6) is 11.5 Å². The molecular formula is C20H22BrNO4. The fraction of sp³-hybridized carbons (Fsp3) is 0.300. The average molecular weight is 420 g/mol. The molecule has 0 heterocycles. The number of benzene rings is 2. The summed E-state index contributed by atoms with van der Waals surface area (Å²) < 4.78 is 12.0. The molecule has 138 valence electrons. The first-order valence-electron chi connectivity index (χ1n) is 8.43. The van der Waals surface area contributed by atoms with Crippen LogP contribution >= 0.6 is 15.9 Å². The molecule has 26 heavy (non-hydrogen) atoms. The van der Waals surface area contributed by atoms with Crippen LogP contribution in [-0.4, -0.2) is 24.9 Å². The van der Waals surface area contributed by atoms with Crippen LogP contribution in [0, 0.1) is 0 Å². The van der Waals surface area contributed by atoms with Crippen molar-refractivity contribution in [3.8, 4) is 11.5 Å². The largest absolute Gasteiger partial charge is 0.490 e. The molecule has 2 aromatic carbocycles. The van der Waals surface area contributed by atoms with Crippen LogP contribution < -0.4 is 14.8 Å². The highest BCUT2D eigenvalue weighted by Gasteiger charge is 2.14. The summed E-state index contributed by atoms with van der Waals surface area (Å²) in [5.41, 5.74) is 1.94. The fourth-order valence-electron chi connectivity index (χ4n) is 2.44. The zero-order chi connectivity index (χ0) is 19.1. The van der Waals surface area contributed by atoms with Gasteiger partial charge in [-0.3, -0.25) is 9.59 Å². The van der Waals surface area contributed by atoms with E-state index in [1.54, 1.807) is 24.3 Å². The molecule has 2 aromatic rings. The molecule has 2 rings (SSSR count). The lowest BCUT2D eigenvalue weighted by Crippen LogP contribution is -2.15. The van der Waals surface area contributed by atoms with Gasteiger partial charge in [-0.25, -0.2) is 0 Å². The van der Waals surface area contributed by atoms with Gasteiger partial charge in [0.1, 0.15) is 0 Å². The molecule has 0 aliphatic rings. The van der Waals surface area contributed by atoms with Crippen LogP contribution in [0.25, 0.3) is 0 Å². The molecule has 0 saturated heterocycles. The molecule has 0 radical (unpaired) electrons. The molecule has 6 heteroatoms. The van der Waals surface area contributed by atoms with Crippen LogP contribution in [-0.2, 0) is 11.2 Å². The number of hydrogen-bond acceptors (Lipinski definition) is 4. The normalized spacial score (nSPS) is 10.3. The Kier molecular flexibility index (Phi) is 7.21. The van der Waals surface area contributed by atoms with E-state index in [0.717, 1.165) is 10.0 Å². The molecule has 0 aliphatic heterocycles. The van der Waals surface area contributed by atoms with E-state index in [4.69, 9.17) is 9.47 Å². The van der Waals surface area contributed by atoms with Crippen LogP contribution in [0.1, 0.15) is 36.7 Å². The molecule has 0 aromatic heterocycles. The minimum atomic E-state index is -0.182. The Hall–Kier alpha value is -2.34. The van der Waals surface area contributed by atoms with Crippen molar-refractivity contribution in [1.82, 2.24) is 0 Å². The van der Waals surface area contributed by atoms with Crippen molar-refractivity contribution >= 4 is 33.3 Å². The molecule has 0 unspecified atom stereocenters. The number of halogens is 1. The first kappa shape index (κ1) is 20.0. The molecule has 5 nitrogen and oxygen atoms in total. The van der Waals surface area contributed by atoms with Gasteiger partial charge in [0, 0.05) is 15.7 Å². The van der Waals surface area contributed by atoms with Gasteiger partial charge in [-0.2, -0.15) is 0 Å². The highest BCUT2D eigenvalue weighted by molar-refractivity contribution is 9.10. The van der Waals surface area contributed by atoms with Crippen molar-refractivity contribution in [3.63, 3.8) is 0 Å². The Morgan fingerprint density at radius 2 is 1.69 bits per heavy atom. The second-order valence-corrected chi connectivity index (χ2v) is 6.47. The third-order valence-electron chi connectivity index (χ3n) is 3.62. The van der Waals surface area contributed by atoms with E-state index in [9.17, 15) is 9.59 Å². The predicted molar refractivity (Wildman–Crippen MR) is 105 cm³/mol. The number of Topliss-reactive ketones (excluding diaryl/α,β-unsaturated/α-hetero) is 1. The van der Waals surface area contributed by atoms with Crippen molar-refractivity contribution in [2.75, 3.05) is 18.5 Å². The number of nitrogens with one attached hydrogen (secondary N) is 1. The van der Waals surface area contributed by atoms with Gasteiger partial charge in [-0.05, 0) is 50.6 Å². The number of rotatable bonds is 8. The number of anilines is 1. The molecule has 0 fully saturated rings. The topological polar surface area (TPSA) is 64.6 Å². The first-order chi connectivity index (χ1) is 12.4. The third kappa shape index (κ3) is 5.33. The van der Waals surface area contributed by atoms with E-state index in [2.05, 4.69) is 21.2 Å². The number of carbonyl (C=O) groups excluding carboxylic acids is 2. The summed E-state index contributed by atoms with van der Waals surface area (Å²) >= 11 is 3.49. The predicted octanol–water partition coefficient (Wildman–Crippen LogP) is 4.63. The van der Waals surface area contributed by atoms with E-state index in [-0.39, 0.29) is 18.1 Å². The lowest BCUT2D eigenvalue weighted by Gasteiger charge is -2.14. The van der Waals surface area contributed by atoms with Gasteiger partial charge in [-0.1, -0.05) is 28.1 Å². The number of ketones is 1. The van der Waals surface area contributed by atoms with Crippen LogP contribution in [0.3, 0.4) is 0 Å². The lowest BCUT2D eigenvalue weighted by atomic mass is 10.1. The zero-order valence-corrected chi connectivity index (χ0v) is 16.7. The van der Waals surface area contributed by atoms with E-state index in [1.165, 1.54) is 6.92 Å². The third-order valence-corrected chi connectivity index (χ3v) is 4.35. The highest BCUT2D eigenvalue weighted by Crippen LogP contribution is 2.34. The Morgan fingerprint density at radius 1 is 1.04 bits per heavy atom. The molecule has 0 spiro atoms. The number of ether oxygens (including phenoxy) is 2. The Morgan fingerprint density at radius 3 is 2.31 bits per heavy atom. The monoisotopic (exact) mass is 419 g/mol. The summed E-state index contributed by atoms with van der Waals surface area (Å²) in [5.74, 6) is 1.02. The van der Waals surface area contributed by atoms with Crippen molar-refractivity contribution in [2.24, 2.45) is 0 Å². The van der Waals surface area contributed by atoms with E-state index in [0.29, 0.717) is 36.0 Å². The van der Waals surface area contributed by atoms with Gasteiger partial charge < -0.3 is 14.8 Å². The number of amides is 1. The van der Waals surface area contributed by atoms with Gasteiger partial charge in [0.2, 0.25) is 5.91 Å². The van der Waals surface area contributed by atoms with Crippen LogP contribution in [0.4, 0.5) is 5.69 Å². The van der Waals surface area contributed by atoms with Gasteiger partial charge in [0.25, 0.3) is 0 Å². The Labute approximate surface area is 161 Å². The van der Waals surface area contributed by atoms with Crippen molar-refractivity contribution < 1.29 is 19.1 Å². The Balaban J connectivity index is 2.16. The summed E-state index contributed by atoms with van der Waals surface area (Å²) in [6.45, 7) is 6.32. The second-order valence-electron chi connectivity index (χ2n) is 5.62. The fourth-order valence-corrected chi connectivity index (χ4v) is 2.91. The molecule has 0 bridgehead atoms. The quantitative estimate of drug-likeness (QED) is 0.633. The minimum Gasteiger partial charge on any atom is -0.490 e. The summed E-state index contributed by atoms with van der Waals surface area (Å²) in [7, 11) is 0. The second kappa shape index (κ2) is 9.38. The van der Waals surface area contributed by atoms with Crippen molar-refractivity contribution in [3.05, 3.63) is 52.0 Å². The highest BCUT2D eigenvalue weighted by atomic mass is 79.9. The van der Waals surface area contributed by atoms with Gasteiger partial charge >= 0.3 is 0 Å². The molecule has 1 amide bonds. The first-order valence-corrected chi connectivity index (χ1v) is 9.22. The molecule has 0 atom stereocenters. The molecule has 0 saturated carbocycles. The van der Waals surface area contributed by atoms with E-state index >= 15 is 0 Å². The number of carbonyl (C=O) groups is 2. The van der Waals surface area contributed by atoms with Gasteiger partial charge in [0.05, 0.1) is 19.6 Å². The van der Waals surface area contributed by atoms with E-state index < -0.39 is 0 Å². The summed E-state index contributed by atoms with van der Waals surface area (Å²) in [5, 5.41) is 2.82. The molecule has 0 aliphatic carbocycles. The van der Waals surface area contributed by atoms with Crippen LogP contribution in [0.2, 0.25) is 0 Å². The lowest BCUT2D eigenvalue weighted by molar-refractivity contribution is -0.115. The standard InChI is InChI=1S/C20H22BrNO4/c1-4-25-18-10-15(17(21)12-19(18)26-5-2)11-20(24)22-16-8-6-7-14(9-16)13(3)23/h6-10,12H,4-5,11H2,1-3H3,(H,22,24). The smallest absolute Gasteiger partial charge is 0.228 e. The summed E-state index contributed by atoms with van der Waals surface area (Å²) in [6, 6.07) is 10.5. The average Bonchev–Trinajstić information content (AvgIpc) is 2.59. The van der Waals surface area contributed by atoms with Crippen molar-refractivity contribution in [1.29, 1.82) is 0 Å². The molecule has 1 N–H and O–H groups in total. The van der Waals surface area contributed by atoms with Gasteiger partial charge in [-0.15, -0.1) is 0 Å². The summed E-state index contributed by atoms with van der Waals surface area (Å²) in [6.07, 6.45) is 0.164. The maximum atomic E-state index is 12.4. The van der Waals surface area contributed by atoms with Crippen LogP contribution in [0.15, 0.2) is 40.9 Å². The Bertz CT molecular complexity index is 804. The zero-order valence-electron chi connectivity index (χ0n) is 15.1. The number of hydrogen-bond donors (Lipinski definition) is 1. The SMILES string of the molecule is CCOc1cc(Br)c(CC(=O)Nc2cccc(C(C)=O)c2)cc1OCC. The maximum absolute atomic E-state index is 12.4. The van der Waals surface area contributed by atoms with Gasteiger partial charge in [0.15, 0.2) is 17.3 Å². The van der Waals surface area contributed by atoms with Crippen molar-refractivity contribution in [2.45, 2.75) is 27.2 Å². The minimum absolute atomic E-state index is 0.0447.